The molecule has 0 saturated carbocycles. The van der Waals surface area contributed by atoms with Crippen molar-refractivity contribution in [2.75, 3.05) is 6.61 Å². The largest absolute Gasteiger partial charge is 0.494 e. The number of rotatable bonds is 9. The molecule has 5 heteroatoms. The zero-order valence-corrected chi connectivity index (χ0v) is 17.6. The Kier molecular flexibility index (Phi) is 5.98. The summed E-state index contributed by atoms with van der Waals surface area (Å²) in [5.74, 6) is 0.896. The number of hydrogen-bond donors (Lipinski definition) is 1. The molecule has 2 aromatic heterocycles. The summed E-state index contributed by atoms with van der Waals surface area (Å²) < 4.78 is 9.67. The minimum atomic E-state index is 0.677. The first-order valence-corrected chi connectivity index (χ1v) is 10.6. The summed E-state index contributed by atoms with van der Waals surface area (Å²) in [6.07, 6.45) is 8.80. The maximum absolute atomic E-state index is 8.00. The molecule has 0 atom stereocenters. The second kappa shape index (κ2) is 8.99. The Bertz CT molecular complexity index is 1140. The summed E-state index contributed by atoms with van der Waals surface area (Å²) >= 11 is 0. The fourth-order valence-corrected chi connectivity index (χ4v) is 3.72. The van der Waals surface area contributed by atoms with Crippen LogP contribution in [-0.4, -0.2) is 26.7 Å². The Morgan fingerprint density at radius 1 is 1.00 bits per heavy atom. The molecule has 0 fully saturated rings. The first-order chi connectivity index (χ1) is 14.7. The first kappa shape index (κ1) is 20.0. The highest BCUT2D eigenvalue weighted by Crippen LogP contribution is 2.25. The van der Waals surface area contributed by atoms with Crippen LogP contribution in [0.5, 0.6) is 5.75 Å². The number of ether oxygens (including phenoxy) is 1. The van der Waals surface area contributed by atoms with E-state index in [1.165, 1.54) is 11.1 Å². The van der Waals surface area contributed by atoms with Gasteiger partial charge in [-0.15, -0.1) is 0 Å². The van der Waals surface area contributed by atoms with Crippen molar-refractivity contribution < 1.29 is 4.74 Å². The van der Waals surface area contributed by atoms with E-state index in [9.17, 15) is 0 Å². The van der Waals surface area contributed by atoms with E-state index in [4.69, 9.17) is 10.1 Å². The molecule has 5 nitrogen and oxygen atoms in total. The van der Waals surface area contributed by atoms with Crippen LogP contribution in [0.1, 0.15) is 33.1 Å². The molecule has 0 aliphatic carbocycles. The molecule has 2 heterocycles. The summed E-state index contributed by atoms with van der Waals surface area (Å²) in [5, 5.41) is 13.7. The van der Waals surface area contributed by atoms with Gasteiger partial charge in [-0.25, -0.2) is 0 Å². The summed E-state index contributed by atoms with van der Waals surface area (Å²) in [4.78, 5) is 0. The van der Waals surface area contributed by atoms with Crippen molar-refractivity contribution in [3.05, 3.63) is 67.1 Å². The molecular weight excluding hydrogens is 372 g/mol. The van der Waals surface area contributed by atoms with Crippen LogP contribution in [0.4, 0.5) is 0 Å². The predicted octanol–water partition coefficient (Wildman–Crippen LogP) is 6.10. The SMILES string of the molecule is CCCC(=N)CCn1ncc2cc(-n3ccc(-c4ccc(OCC)cc4)c3)ccc21. The molecule has 0 aliphatic heterocycles. The van der Waals surface area contributed by atoms with Gasteiger partial charge in [-0.3, -0.25) is 4.68 Å². The smallest absolute Gasteiger partial charge is 0.119 e. The van der Waals surface area contributed by atoms with Crippen LogP contribution in [0.15, 0.2) is 67.1 Å². The normalized spacial score (nSPS) is 11.1. The van der Waals surface area contributed by atoms with E-state index in [2.05, 4.69) is 65.4 Å². The van der Waals surface area contributed by atoms with Gasteiger partial charge in [0.05, 0.1) is 18.3 Å². The molecule has 0 unspecified atom stereocenters. The lowest BCUT2D eigenvalue weighted by atomic mass is 10.1. The molecular formula is C25H28N4O. The number of nitrogens with zero attached hydrogens (tertiary/aromatic N) is 3. The van der Waals surface area contributed by atoms with Gasteiger partial charge in [0.1, 0.15) is 5.75 Å². The van der Waals surface area contributed by atoms with Crippen molar-refractivity contribution in [1.82, 2.24) is 14.3 Å². The molecule has 0 spiro atoms. The summed E-state index contributed by atoms with van der Waals surface area (Å²) in [6, 6.07) is 16.7. The Morgan fingerprint density at radius 2 is 1.83 bits per heavy atom. The van der Waals surface area contributed by atoms with E-state index >= 15 is 0 Å². The van der Waals surface area contributed by atoms with Crippen molar-refractivity contribution in [3.8, 4) is 22.6 Å². The topological polar surface area (TPSA) is 55.8 Å². The average Bonchev–Trinajstić information content (AvgIpc) is 3.40. The van der Waals surface area contributed by atoms with Crippen LogP contribution >= 0.6 is 0 Å². The number of benzene rings is 2. The highest BCUT2D eigenvalue weighted by Gasteiger charge is 2.07. The molecule has 2 aromatic carbocycles. The number of nitrogens with one attached hydrogen (secondary N) is 1. The lowest BCUT2D eigenvalue weighted by Gasteiger charge is -2.07. The van der Waals surface area contributed by atoms with Crippen LogP contribution in [0.25, 0.3) is 27.7 Å². The Morgan fingerprint density at radius 3 is 2.60 bits per heavy atom. The highest BCUT2D eigenvalue weighted by molar-refractivity contribution is 5.83. The molecule has 0 radical (unpaired) electrons. The minimum Gasteiger partial charge on any atom is -0.494 e. The summed E-state index contributed by atoms with van der Waals surface area (Å²) in [7, 11) is 0. The summed E-state index contributed by atoms with van der Waals surface area (Å²) in [6.45, 7) is 5.54. The third-order valence-corrected chi connectivity index (χ3v) is 5.29. The van der Waals surface area contributed by atoms with Gasteiger partial charge >= 0.3 is 0 Å². The maximum Gasteiger partial charge on any atom is 0.119 e. The zero-order chi connectivity index (χ0) is 20.9. The standard InChI is InChI=1S/C25H28N4O/c1-3-5-22(26)13-15-29-25-11-8-23(16-21(25)17-27-29)28-14-12-20(18-28)19-6-9-24(10-7-19)30-4-2/h6-12,14,16-18,26H,3-5,13,15H2,1-2H3. The van der Waals surface area contributed by atoms with Crippen molar-refractivity contribution in [2.24, 2.45) is 0 Å². The van der Waals surface area contributed by atoms with Gasteiger partial charge in [0.2, 0.25) is 0 Å². The second-order valence-corrected chi connectivity index (χ2v) is 7.48. The van der Waals surface area contributed by atoms with Gasteiger partial charge in [-0.2, -0.15) is 5.10 Å². The molecule has 30 heavy (non-hydrogen) atoms. The predicted molar refractivity (Wildman–Crippen MR) is 123 cm³/mol. The highest BCUT2D eigenvalue weighted by atomic mass is 16.5. The maximum atomic E-state index is 8.00. The number of aromatic nitrogens is 3. The third kappa shape index (κ3) is 4.30. The molecule has 4 rings (SSSR count). The van der Waals surface area contributed by atoms with Gasteiger partial charge in [0.15, 0.2) is 0 Å². The van der Waals surface area contributed by atoms with Gasteiger partial charge in [0.25, 0.3) is 0 Å². The van der Waals surface area contributed by atoms with E-state index in [1.54, 1.807) is 0 Å². The van der Waals surface area contributed by atoms with Crippen molar-refractivity contribution in [3.63, 3.8) is 0 Å². The van der Waals surface area contributed by atoms with Crippen LogP contribution in [0.3, 0.4) is 0 Å². The van der Waals surface area contributed by atoms with E-state index in [0.717, 1.165) is 53.9 Å². The Labute approximate surface area is 177 Å². The summed E-state index contributed by atoms with van der Waals surface area (Å²) in [5.41, 5.74) is 5.36. The van der Waals surface area contributed by atoms with Crippen LogP contribution in [0, 0.1) is 5.41 Å². The number of fused-ring (bicyclic) bond motifs is 1. The second-order valence-electron chi connectivity index (χ2n) is 7.48. The van der Waals surface area contributed by atoms with E-state index < -0.39 is 0 Å². The average molecular weight is 401 g/mol. The van der Waals surface area contributed by atoms with Crippen molar-refractivity contribution >= 4 is 16.6 Å². The Hall–Kier alpha value is -3.34. The molecule has 0 saturated heterocycles. The van der Waals surface area contributed by atoms with Gasteiger partial charge in [0, 0.05) is 42.1 Å². The Balaban J connectivity index is 1.52. The fourth-order valence-electron chi connectivity index (χ4n) is 3.72. The zero-order valence-electron chi connectivity index (χ0n) is 17.6. The van der Waals surface area contributed by atoms with Crippen molar-refractivity contribution in [2.45, 2.75) is 39.7 Å². The number of aryl methyl sites for hydroxylation is 1. The van der Waals surface area contributed by atoms with E-state index in [0.29, 0.717) is 6.61 Å². The van der Waals surface area contributed by atoms with Crippen LogP contribution in [-0.2, 0) is 6.54 Å². The van der Waals surface area contributed by atoms with Crippen LogP contribution in [0.2, 0.25) is 0 Å². The van der Waals surface area contributed by atoms with Gasteiger partial charge in [-0.1, -0.05) is 25.5 Å². The number of hydrogen-bond acceptors (Lipinski definition) is 3. The fraction of sp³-hybridized carbons (Fsp3) is 0.280. The van der Waals surface area contributed by atoms with Gasteiger partial charge < -0.3 is 14.7 Å². The molecule has 0 bridgehead atoms. The monoisotopic (exact) mass is 400 g/mol. The van der Waals surface area contributed by atoms with E-state index in [1.807, 2.05) is 29.9 Å². The first-order valence-electron chi connectivity index (χ1n) is 10.6. The quantitative estimate of drug-likeness (QED) is 0.345. The lowest BCUT2D eigenvalue weighted by molar-refractivity contribution is 0.340. The molecule has 1 N–H and O–H groups in total. The third-order valence-electron chi connectivity index (χ3n) is 5.29. The lowest BCUT2D eigenvalue weighted by Crippen LogP contribution is -2.05. The van der Waals surface area contributed by atoms with Crippen molar-refractivity contribution in [1.29, 1.82) is 5.41 Å². The minimum absolute atomic E-state index is 0.677. The molecule has 4 aromatic rings. The van der Waals surface area contributed by atoms with Crippen LogP contribution < -0.4 is 4.74 Å². The molecule has 154 valence electrons. The van der Waals surface area contributed by atoms with E-state index in [-0.39, 0.29) is 0 Å². The molecule has 0 aliphatic rings. The molecule has 0 amide bonds. The van der Waals surface area contributed by atoms with Gasteiger partial charge in [-0.05, 0) is 60.9 Å².